The quantitative estimate of drug-likeness (QED) is 0.0620. The van der Waals surface area contributed by atoms with Crippen LogP contribution in [0.2, 0.25) is 0 Å². The number of carbonyl (C=O) groups is 4. The van der Waals surface area contributed by atoms with Crippen molar-refractivity contribution in [2.45, 2.75) is 16.7 Å². The Hall–Kier alpha value is -14.8. The van der Waals surface area contributed by atoms with Gasteiger partial charge in [0.2, 0.25) is 20.0 Å². The number of nitrogens with zero attached hydrogens (tertiary/aromatic N) is 12. The zero-order chi connectivity index (χ0) is 94.4. The number of fused-ring (bicyclic) bond motifs is 4. The molecule has 0 radical (unpaired) electrons. The standard InChI is InChI=1S/C26H26N4O5S.C25H24N4O5S.2C22H24N4O4S/c1-18-9-11-19(12-10-18)36(33,34)27-23-24(20-6-3-4-7-21(20)28(2)26(23)32)29-13-15-30(16-14-29)25(31)22-8-5-17-35-22;1-27-20-11-6-5-10-19(20)23(22(25(27)31)26-35(32,33)18-8-3-2-4-9-18)28-13-15-29(16-14-28)24(30)21-12-7-17-34-21;2*1-24-18-11-7-6-10-17(18)20(19(22(24)28)23-31(2,29)30)25-12-14-26(15-13-25)21(27)16-8-4-3-5-9-16/h3-12,17,27H,13-16H2,1-2H3;2-12,17,26H,13-16H2,1H3;2*3-11,23H,12-15H2,1-2H3. The lowest BCUT2D eigenvalue weighted by Crippen LogP contribution is -2.49. The molecule has 6 aromatic heterocycles. The summed E-state index contributed by atoms with van der Waals surface area (Å²) in [5.74, 6) is 0.0669. The number of anilines is 8. The number of piperazine rings is 4. The van der Waals surface area contributed by atoms with Crippen LogP contribution in [0.25, 0.3) is 43.6 Å². The number of hydrogen-bond donors (Lipinski definition) is 4. The van der Waals surface area contributed by atoms with Crippen LogP contribution in [0.3, 0.4) is 0 Å². The van der Waals surface area contributed by atoms with E-state index < -0.39 is 62.3 Å². The lowest BCUT2D eigenvalue weighted by atomic mass is 10.1. The van der Waals surface area contributed by atoms with Gasteiger partial charge in [-0.05, 0) is 104 Å². The smallest absolute Gasteiger partial charge is 0.289 e. The monoisotopic (exact) mass is 1880 g/mol. The Labute approximate surface area is 766 Å². The van der Waals surface area contributed by atoms with Crippen molar-refractivity contribution in [3.8, 4) is 0 Å². The maximum Gasteiger partial charge on any atom is 0.289 e. The first-order chi connectivity index (χ1) is 63.6. The Balaban J connectivity index is 0.000000136. The molecule has 4 aliphatic heterocycles. The highest BCUT2D eigenvalue weighted by Gasteiger charge is 2.35. The number of sulfonamides is 4. The molecule has 690 valence electrons. The molecule has 10 heterocycles. The molecular formula is C95H98N16O18S4. The molecule has 0 saturated carbocycles. The molecule has 4 fully saturated rings. The molecule has 133 heavy (non-hydrogen) atoms. The fraction of sp³-hybridized carbons (Fsp3) is 0.242. The predicted octanol–water partition coefficient (Wildman–Crippen LogP) is 9.84. The van der Waals surface area contributed by atoms with Gasteiger partial charge in [0.25, 0.3) is 65.9 Å². The highest BCUT2D eigenvalue weighted by atomic mass is 32.2. The third-order valence-electron chi connectivity index (χ3n) is 23.6. The van der Waals surface area contributed by atoms with Crippen LogP contribution in [0.5, 0.6) is 0 Å². The van der Waals surface area contributed by atoms with E-state index in [2.05, 4.69) is 18.9 Å². The van der Waals surface area contributed by atoms with E-state index in [4.69, 9.17) is 8.83 Å². The highest BCUT2D eigenvalue weighted by Crippen LogP contribution is 2.39. The Morgan fingerprint density at radius 3 is 0.782 bits per heavy atom. The second-order valence-corrected chi connectivity index (χ2v) is 39.2. The summed E-state index contributed by atoms with van der Waals surface area (Å²) in [4.78, 5) is 119. The van der Waals surface area contributed by atoms with E-state index in [0.29, 0.717) is 161 Å². The average Bonchev–Trinajstić information content (AvgIpc) is 1.61. The van der Waals surface area contributed by atoms with Gasteiger partial charge in [0.05, 0.1) is 79.6 Å². The highest BCUT2D eigenvalue weighted by molar-refractivity contribution is 7.93. The number of pyridine rings is 4. The van der Waals surface area contributed by atoms with Gasteiger partial charge >= 0.3 is 0 Å². The Morgan fingerprint density at radius 2 is 0.519 bits per heavy atom. The number of para-hydroxylation sites is 4. The fourth-order valence-corrected chi connectivity index (χ4v) is 20.1. The van der Waals surface area contributed by atoms with Crippen LogP contribution in [-0.2, 0) is 68.3 Å². The topological polar surface area (TPSA) is 393 Å². The van der Waals surface area contributed by atoms with Gasteiger partial charge < -0.3 is 66.3 Å². The number of amides is 4. The summed E-state index contributed by atoms with van der Waals surface area (Å²) in [6.45, 7) is 8.93. The van der Waals surface area contributed by atoms with Gasteiger partial charge in [0.1, 0.15) is 22.7 Å². The van der Waals surface area contributed by atoms with E-state index in [0.717, 1.165) is 39.6 Å². The van der Waals surface area contributed by atoms with Crippen LogP contribution in [0.1, 0.15) is 47.4 Å². The molecule has 34 nitrogen and oxygen atoms in total. The summed E-state index contributed by atoms with van der Waals surface area (Å²) >= 11 is 0. The Bertz CT molecular complexity index is 7280. The van der Waals surface area contributed by atoms with Gasteiger partial charge in [-0.1, -0.05) is 145 Å². The molecule has 4 saturated heterocycles. The minimum atomic E-state index is -4.02. The number of nitrogens with one attached hydrogen (secondary N) is 4. The van der Waals surface area contributed by atoms with E-state index in [9.17, 15) is 72.0 Å². The van der Waals surface area contributed by atoms with Crippen LogP contribution < -0.4 is 60.7 Å². The van der Waals surface area contributed by atoms with Crippen molar-refractivity contribution in [2.75, 3.05) is 156 Å². The van der Waals surface area contributed by atoms with Crippen molar-refractivity contribution in [3.63, 3.8) is 0 Å². The second kappa shape index (κ2) is 39.1. The van der Waals surface area contributed by atoms with E-state index in [1.807, 2.05) is 160 Å². The lowest BCUT2D eigenvalue weighted by molar-refractivity contribution is 0.0708. The molecular weight excluding hydrogens is 1780 g/mol. The van der Waals surface area contributed by atoms with Crippen LogP contribution >= 0.6 is 0 Å². The molecule has 14 aromatic rings. The van der Waals surface area contributed by atoms with Crippen molar-refractivity contribution < 1.29 is 61.7 Å². The molecule has 0 bridgehead atoms. The third kappa shape index (κ3) is 20.3. The molecule has 38 heteroatoms. The summed E-state index contributed by atoms with van der Waals surface area (Å²) in [5.41, 5.74) is 5.42. The molecule has 4 amide bonds. The molecule has 4 N–H and O–H groups in total. The first kappa shape index (κ1) is 92.9. The van der Waals surface area contributed by atoms with Crippen molar-refractivity contribution in [3.05, 3.63) is 319 Å². The summed E-state index contributed by atoms with van der Waals surface area (Å²) in [7, 11) is -8.86. The van der Waals surface area contributed by atoms with E-state index in [-0.39, 0.29) is 67.7 Å². The second-order valence-electron chi connectivity index (χ2n) is 32.3. The minimum Gasteiger partial charge on any atom is -0.459 e. The Kier molecular flexibility index (Phi) is 27.3. The van der Waals surface area contributed by atoms with Gasteiger partial charge in [-0.25, -0.2) is 33.7 Å². The molecule has 0 spiro atoms. The summed E-state index contributed by atoms with van der Waals surface area (Å²) in [6, 6.07) is 68.8. The summed E-state index contributed by atoms with van der Waals surface area (Å²) < 4.78 is 127. The molecule has 18 rings (SSSR count). The number of furan rings is 2. The van der Waals surface area contributed by atoms with Crippen molar-refractivity contribution in [1.29, 1.82) is 0 Å². The fourth-order valence-electron chi connectivity index (χ4n) is 16.8. The first-order valence-electron chi connectivity index (χ1n) is 42.6. The van der Waals surface area contributed by atoms with Gasteiger partial charge in [0, 0.05) is 166 Å². The molecule has 0 unspecified atom stereocenters. The number of benzene rings is 8. The largest absolute Gasteiger partial charge is 0.459 e. The van der Waals surface area contributed by atoms with Crippen molar-refractivity contribution >= 4 is 153 Å². The van der Waals surface area contributed by atoms with E-state index in [1.54, 1.807) is 127 Å². The zero-order valence-electron chi connectivity index (χ0n) is 73.8. The third-order valence-corrected chi connectivity index (χ3v) is 27.5. The molecule has 4 aliphatic rings. The lowest BCUT2D eigenvalue weighted by Gasteiger charge is -2.37. The van der Waals surface area contributed by atoms with Gasteiger partial charge in [-0.3, -0.25) is 57.2 Å². The maximum absolute atomic E-state index is 13.5. The summed E-state index contributed by atoms with van der Waals surface area (Å²) in [6.07, 6.45) is 4.98. The molecule has 0 aliphatic carbocycles. The van der Waals surface area contributed by atoms with E-state index in [1.165, 1.54) is 55.1 Å². The average molecular weight is 1880 g/mol. The molecule has 8 aromatic carbocycles. The molecule has 0 atom stereocenters. The van der Waals surface area contributed by atoms with Gasteiger partial charge in [-0.2, -0.15) is 0 Å². The summed E-state index contributed by atoms with van der Waals surface area (Å²) in [5, 5.41) is 3.04. The predicted molar refractivity (Wildman–Crippen MR) is 516 cm³/mol. The Morgan fingerprint density at radius 1 is 0.278 bits per heavy atom. The number of aromatic nitrogens is 4. The normalized spacial score (nSPS) is 14.5. The SMILES string of the molecule is Cc1ccc(S(=O)(=O)Nc2c(N3CCN(C(=O)c4ccco4)CC3)c3ccccc3n(C)c2=O)cc1.Cn1c(=O)c(NS(=O)(=O)c2ccccc2)c(N2CCN(C(=O)c3ccco3)CC2)c2ccccc21.Cn1c(=O)c(NS(C)(=O)=O)c(N2CCN(C(=O)c3ccccc3)CC2)c2ccccc21.Cn1c(=O)c(NS(C)(=O)=O)c(N2CCN(C(=O)c3ccccc3)CC2)c2ccccc21. The number of hydrogen-bond acceptors (Lipinski definition) is 22. The van der Waals surface area contributed by atoms with Gasteiger partial charge in [0.15, 0.2) is 11.5 Å². The van der Waals surface area contributed by atoms with Gasteiger partial charge in [-0.15, -0.1) is 0 Å². The zero-order valence-corrected chi connectivity index (χ0v) is 77.1. The van der Waals surface area contributed by atoms with Crippen molar-refractivity contribution in [1.82, 2.24) is 37.9 Å². The van der Waals surface area contributed by atoms with Crippen LogP contribution in [0.15, 0.2) is 287 Å². The van der Waals surface area contributed by atoms with Crippen molar-refractivity contribution in [2.24, 2.45) is 28.2 Å². The van der Waals surface area contributed by atoms with E-state index >= 15 is 0 Å². The number of carbonyl (C=O) groups excluding carboxylic acids is 4. The van der Waals surface area contributed by atoms with Crippen LogP contribution in [-0.4, -0.2) is 212 Å². The maximum atomic E-state index is 13.5. The van der Waals surface area contributed by atoms with Crippen LogP contribution in [0, 0.1) is 6.92 Å². The van der Waals surface area contributed by atoms with Crippen LogP contribution in [0.4, 0.5) is 45.5 Å². The number of aryl methyl sites for hydroxylation is 5. The number of rotatable bonds is 18. The first-order valence-corrected chi connectivity index (χ1v) is 49.3. The minimum absolute atomic E-state index is 0.0115.